The zero-order valence-electron chi connectivity index (χ0n) is 10.3. The van der Waals surface area contributed by atoms with Crippen molar-refractivity contribution in [3.63, 3.8) is 0 Å². The van der Waals surface area contributed by atoms with Crippen LogP contribution in [0.1, 0.15) is 12.5 Å². The van der Waals surface area contributed by atoms with Gasteiger partial charge in [0.15, 0.2) is 0 Å². The molecule has 0 bridgehead atoms. The molecule has 0 saturated heterocycles. The minimum Gasteiger partial charge on any atom is -0.465 e. The number of ether oxygens (including phenoxy) is 1. The Morgan fingerprint density at radius 3 is 2.83 bits per heavy atom. The fourth-order valence-corrected chi connectivity index (χ4v) is 1.79. The minimum absolute atomic E-state index is 0.0665. The number of hydrogen-bond donors (Lipinski definition) is 0. The SMILES string of the molecule is CCOC(=O)CN=Cc1cccc2ccccc12. The second-order valence-electron chi connectivity index (χ2n) is 3.84. The van der Waals surface area contributed by atoms with Gasteiger partial charge in [-0.2, -0.15) is 0 Å². The van der Waals surface area contributed by atoms with Crippen LogP contribution in [0.25, 0.3) is 10.8 Å². The molecule has 0 aliphatic carbocycles. The van der Waals surface area contributed by atoms with Crippen LogP contribution in [0, 0.1) is 0 Å². The number of hydrogen-bond acceptors (Lipinski definition) is 3. The van der Waals surface area contributed by atoms with E-state index < -0.39 is 0 Å². The first-order valence-corrected chi connectivity index (χ1v) is 5.94. The first-order valence-electron chi connectivity index (χ1n) is 5.94. The molecule has 0 aliphatic rings. The molecule has 2 aromatic rings. The molecule has 3 heteroatoms. The molecule has 0 unspecified atom stereocenters. The van der Waals surface area contributed by atoms with E-state index in [4.69, 9.17) is 4.74 Å². The van der Waals surface area contributed by atoms with Crippen molar-refractivity contribution < 1.29 is 9.53 Å². The van der Waals surface area contributed by atoms with Crippen LogP contribution in [0.15, 0.2) is 47.5 Å². The van der Waals surface area contributed by atoms with Crippen LogP contribution in [-0.2, 0) is 9.53 Å². The molecular formula is C15H15NO2. The highest BCUT2D eigenvalue weighted by molar-refractivity contribution is 6.00. The summed E-state index contributed by atoms with van der Waals surface area (Å²) in [6, 6.07) is 14.1. The smallest absolute Gasteiger partial charge is 0.327 e. The van der Waals surface area contributed by atoms with Crippen molar-refractivity contribution in [1.29, 1.82) is 0 Å². The predicted octanol–water partition coefficient (Wildman–Crippen LogP) is 2.82. The van der Waals surface area contributed by atoms with Gasteiger partial charge in [-0.15, -0.1) is 0 Å². The van der Waals surface area contributed by atoms with Crippen molar-refractivity contribution in [3.8, 4) is 0 Å². The summed E-state index contributed by atoms with van der Waals surface area (Å²) in [5.41, 5.74) is 1.01. The number of fused-ring (bicyclic) bond motifs is 1. The lowest BCUT2D eigenvalue weighted by Gasteiger charge is -2.01. The molecule has 92 valence electrons. The Kier molecular flexibility index (Phi) is 4.07. The molecule has 18 heavy (non-hydrogen) atoms. The number of esters is 1. The van der Waals surface area contributed by atoms with E-state index >= 15 is 0 Å². The highest BCUT2D eigenvalue weighted by Gasteiger charge is 1.99. The fourth-order valence-electron chi connectivity index (χ4n) is 1.79. The highest BCUT2D eigenvalue weighted by Crippen LogP contribution is 2.16. The summed E-state index contributed by atoms with van der Waals surface area (Å²) in [7, 11) is 0. The summed E-state index contributed by atoms with van der Waals surface area (Å²) in [5, 5.41) is 2.30. The van der Waals surface area contributed by atoms with E-state index in [1.165, 1.54) is 0 Å². The van der Waals surface area contributed by atoms with E-state index in [1.807, 2.05) is 30.3 Å². The molecule has 0 radical (unpaired) electrons. The largest absolute Gasteiger partial charge is 0.465 e. The Hall–Kier alpha value is -2.16. The predicted molar refractivity (Wildman–Crippen MR) is 73.0 cm³/mol. The van der Waals surface area contributed by atoms with Crippen LogP contribution in [0.2, 0.25) is 0 Å². The van der Waals surface area contributed by atoms with Gasteiger partial charge in [-0.1, -0.05) is 42.5 Å². The van der Waals surface area contributed by atoms with Crippen molar-refractivity contribution in [2.24, 2.45) is 4.99 Å². The third-order valence-corrected chi connectivity index (χ3v) is 2.58. The standard InChI is InChI=1S/C15H15NO2/c1-2-18-15(17)11-16-10-13-8-5-7-12-6-3-4-9-14(12)13/h3-10H,2,11H2,1H3. The summed E-state index contributed by atoms with van der Waals surface area (Å²) in [4.78, 5) is 15.3. The monoisotopic (exact) mass is 241 g/mol. The molecule has 0 aliphatic heterocycles. The van der Waals surface area contributed by atoms with Crippen molar-refractivity contribution in [3.05, 3.63) is 48.0 Å². The second kappa shape index (κ2) is 5.96. The van der Waals surface area contributed by atoms with E-state index in [2.05, 4.69) is 17.1 Å². The van der Waals surface area contributed by atoms with Gasteiger partial charge >= 0.3 is 5.97 Å². The molecule has 0 spiro atoms. The van der Waals surface area contributed by atoms with Crippen LogP contribution in [-0.4, -0.2) is 25.3 Å². The Balaban J connectivity index is 2.16. The first-order chi connectivity index (χ1) is 8.81. The molecule has 0 heterocycles. The average Bonchev–Trinajstić information content (AvgIpc) is 2.39. The van der Waals surface area contributed by atoms with E-state index in [0.29, 0.717) is 6.61 Å². The molecule has 0 saturated carbocycles. The minimum atomic E-state index is -0.297. The van der Waals surface area contributed by atoms with Gasteiger partial charge in [0.2, 0.25) is 0 Å². The lowest BCUT2D eigenvalue weighted by molar-refractivity contribution is -0.141. The van der Waals surface area contributed by atoms with Gasteiger partial charge in [-0.3, -0.25) is 9.79 Å². The van der Waals surface area contributed by atoms with Gasteiger partial charge in [0.1, 0.15) is 6.54 Å². The normalized spacial score (nSPS) is 10.9. The third kappa shape index (κ3) is 2.94. The van der Waals surface area contributed by atoms with Crippen molar-refractivity contribution in [1.82, 2.24) is 0 Å². The summed E-state index contributed by atoms with van der Waals surface area (Å²) in [6.07, 6.45) is 1.72. The molecule has 2 rings (SSSR count). The average molecular weight is 241 g/mol. The van der Waals surface area contributed by atoms with Gasteiger partial charge < -0.3 is 4.74 Å². The van der Waals surface area contributed by atoms with Gasteiger partial charge in [-0.05, 0) is 17.7 Å². The molecule has 2 aromatic carbocycles. The van der Waals surface area contributed by atoms with Crippen LogP contribution < -0.4 is 0 Å². The van der Waals surface area contributed by atoms with Gasteiger partial charge in [-0.25, -0.2) is 0 Å². The summed E-state index contributed by atoms with van der Waals surface area (Å²) < 4.78 is 4.81. The number of nitrogens with zero attached hydrogens (tertiary/aromatic N) is 1. The van der Waals surface area contributed by atoms with Gasteiger partial charge in [0, 0.05) is 11.8 Å². The Morgan fingerprint density at radius 2 is 2.00 bits per heavy atom. The molecule has 0 atom stereocenters. The van der Waals surface area contributed by atoms with Crippen molar-refractivity contribution in [2.75, 3.05) is 13.2 Å². The van der Waals surface area contributed by atoms with E-state index in [9.17, 15) is 4.79 Å². The topological polar surface area (TPSA) is 38.7 Å². The fraction of sp³-hybridized carbons (Fsp3) is 0.200. The number of carbonyl (C=O) groups excluding carboxylic acids is 1. The zero-order valence-corrected chi connectivity index (χ0v) is 10.3. The molecule has 0 N–H and O–H groups in total. The molecule has 0 amide bonds. The van der Waals surface area contributed by atoms with Crippen LogP contribution >= 0.6 is 0 Å². The number of rotatable bonds is 4. The Bertz CT molecular complexity index is 570. The van der Waals surface area contributed by atoms with E-state index in [-0.39, 0.29) is 12.5 Å². The maximum Gasteiger partial charge on any atom is 0.327 e. The molecule has 0 fully saturated rings. The zero-order chi connectivity index (χ0) is 12.8. The number of benzene rings is 2. The van der Waals surface area contributed by atoms with E-state index in [1.54, 1.807) is 13.1 Å². The van der Waals surface area contributed by atoms with Gasteiger partial charge in [0.25, 0.3) is 0 Å². The van der Waals surface area contributed by atoms with Crippen LogP contribution in [0.4, 0.5) is 0 Å². The van der Waals surface area contributed by atoms with Crippen molar-refractivity contribution in [2.45, 2.75) is 6.92 Å². The lowest BCUT2D eigenvalue weighted by Crippen LogP contribution is -2.07. The van der Waals surface area contributed by atoms with Crippen LogP contribution in [0.5, 0.6) is 0 Å². The molecular weight excluding hydrogens is 226 g/mol. The maximum atomic E-state index is 11.2. The summed E-state index contributed by atoms with van der Waals surface area (Å²) >= 11 is 0. The number of carbonyl (C=O) groups is 1. The Morgan fingerprint density at radius 1 is 1.22 bits per heavy atom. The Labute approximate surface area is 106 Å². The van der Waals surface area contributed by atoms with Crippen LogP contribution in [0.3, 0.4) is 0 Å². The number of aliphatic imine (C=N–C) groups is 1. The van der Waals surface area contributed by atoms with Gasteiger partial charge in [0.05, 0.1) is 6.61 Å². The summed E-state index contributed by atoms with van der Waals surface area (Å²) in [6.45, 7) is 2.24. The first kappa shape index (κ1) is 12.3. The highest BCUT2D eigenvalue weighted by atomic mass is 16.5. The summed E-state index contributed by atoms with van der Waals surface area (Å²) in [5.74, 6) is -0.297. The second-order valence-corrected chi connectivity index (χ2v) is 3.84. The maximum absolute atomic E-state index is 11.2. The quantitative estimate of drug-likeness (QED) is 0.610. The molecule has 0 aromatic heterocycles. The lowest BCUT2D eigenvalue weighted by atomic mass is 10.1. The molecule has 3 nitrogen and oxygen atoms in total. The van der Waals surface area contributed by atoms with Crippen molar-refractivity contribution >= 4 is 23.0 Å². The third-order valence-electron chi connectivity index (χ3n) is 2.58. The van der Waals surface area contributed by atoms with E-state index in [0.717, 1.165) is 16.3 Å².